The highest BCUT2D eigenvalue weighted by Crippen LogP contribution is 2.66. The van der Waals surface area contributed by atoms with Gasteiger partial charge in [0.15, 0.2) is 5.84 Å². The van der Waals surface area contributed by atoms with Crippen molar-refractivity contribution in [2.75, 3.05) is 0 Å². The third-order valence-electron chi connectivity index (χ3n) is 13.5. The van der Waals surface area contributed by atoms with Crippen LogP contribution in [0, 0.1) is 29.1 Å². The molecule has 4 bridgehead atoms. The summed E-state index contributed by atoms with van der Waals surface area (Å²) in [5.41, 5.74) is 11.3. The van der Waals surface area contributed by atoms with E-state index < -0.39 is 0 Å². The molecule has 4 saturated carbocycles. The summed E-state index contributed by atoms with van der Waals surface area (Å²) in [4.78, 5) is 10.9. The summed E-state index contributed by atoms with van der Waals surface area (Å²) in [5, 5.41) is 11.7. The Kier molecular flexibility index (Phi) is 7.99. The van der Waals surface area contributed by atoms with Gasteiger partial charge in [0.2, 0.25) is 0 Å². The summed E-state index contributed by atoms with van der Waals surface area (Å²) >= 11 is 0. The fraction of sp³-hybridized carbons (Fsp3) is 0.275. The molecule has 3 heteroatoms. The quantitative estimate of drug-likeness (QED) is 0.164. The molecule has 0 aromatic heterocycles. The van der Waals surface area contributed by atoms with Crippen molar-refractivity contribution < 1.29 is 0 Å². The average molecular weight is 700 g/mol. The second kappa shape index (κ2) is 13.1. The van der Waals surface area contributed by atoms with Gasteiger partial charge in [-0.05, 0) is 124 Å². The summed E-state index contributed by atoms with van der Waals surface area (Å²) in [5.74, 6) is 2.58. The number of benzene rings is 6. The van der Waals surface area contributed by atoms with Crippen LogP contribution in [0.25, 0.3) is 21.9 Å². The van der Waals surface area contributed by atoms with Crippen molar-refractivity contribution >= 4 is 22.3 Å². The molecule has 0 spiro atoms. The van der Waals surface area contributed by atoms with E-state index in [0.717, 1.165) is 35.4 Å². The van der Waals surface area contributed by atoms with E-state index in [1.807, 2.05) is 12.1 Å². The molecule has 264 valence electrons. The largest absolute Gasteiger partial charge is 0.257 e. The van der Waals surface area contributed by atoms with E-state index in [9.17, 15) is 5.26 Å². The smallest absolute Gasteiger partial charge is 0.156 e. The Labute approximate surface area is 319 Å². The molecule has 11 rings (SSSR count). The molecule has 0 N–H and O–H groups in total. The molecular weight excluding hydrogens is 655 g/mol. The Morgan fingerprint density at radius 1 is 0.630 bits per heavy atom. The summed E-state index contributed by atoms with van der Waals surface area (Å²) < 4.78 is 0. The van der Waals surface area contributed by atoms with Gasteiger partial charge >= 0.3 is 0 Å². The lowest BCUT2D eigenvalue weighted by Crippen LogP contribution is -2.55. The molecule has 4 aliphatic carbocycles. The highest BCUT2D eigenvalue weighted by atomic mass is 15.0. The van der Waals surface area contributed by atoms with E-state index in [0.29, 0.717) is 5.56 Å². The molecule has 3 nitrogen and oxygen atoms in total. The lowest BCUT2D eigenvalue weighted by Gasteiger charge is -2.63. The van der Waals surface area contributed by atoms with E-state index in [-0.39, 0.29) is 22.8 Å². The van der Waals surface area contributed by atoms with Crippen LogP contribution in [0.5, 0.6) is 0 Å². The molecule has 6 aromatic rings. The first-order valence-corrected chi connectivity index (χ1v) is 19.9. The molecule has 54 heavy (non-hydrogen) atoms. The minimum absolute atomic E-state index is 0.0111. The molecular formula is C51H45N3. The van der Waals surface area contributed by atoms with Crippen LogP contribution < -0.4 is 0 Å². The van der Waals surface area contributed by atoms with Crippen molar-refractivity contribution in [3.63, 3.8) is 0 Å². The van der Waals surface area contributed by atoms with Crippen LogP contribution >= 0.6 is 0 Å². The Morgan fingerprint density at radius 2 is 1.22 bits per heavy atom. The fourth-order valence-corrected chi connectivity index (χ4v) is 11.5. The van der Waals surface area contributed by atoms with Gasteiger partial charge in [0, 0.05) is 11.5 Å². The molecule has 4 fully saturated rings. The maximum atomic E-state index is 9.25. The molecule has 1 aliphatic heterocycles. The van der Waals surface area contributed by atoms with Crippen LogP contribution in [0.2, 0.25) is 0 Å². The van der Waals surface area contributed by atoms with Gasteiger partial charge in [0.05, 0.1) is 23.4 Å². The van der Waals surface area contributed by atoms with Crippen molar-refractivity contribution in [3.05, 3.63) is 179 Å². The lowest BCUT2D eigenvalue weighted by molar-refractivity contribution is -0.0281. The van der Waals surface area contributed by atoms with Crippen LogP contribution in [-0.4, -0.2) is 11.5 Å². The Balaban J connectivity index is 0.991. The van der Waals surface area contributed by atoms with Crippen LogP contribution in [-0.2, 0) is 10.8 Å². The van der Waals surface area contributed by atoms with Gasteiger partial charge in [-0.15, -0.1) is 0 Å². The molecule has 5 aliphatic rings. The monoisotopic (exact) mass is 699 g/mol. The predicted molar refractivity (Wildman–Crippen MR) is 221 cm³/mol. The van der Waals surface area contributed by atoms with Crippen molar-refractivity contribution in [1.29, 1.82) is 5.26 Å². The summed E-state index contributed by atoms with van der Waals surface area (Å²) in [7, 11) is 0. The average Bonchev–Trinajstić information content (AvgIpc) is 3.23. The normalized spacial score (nSPS) is 27.0. The molecule has 0 amide bonds. The van der Waals surface area contributed by atoms with Crippen LogP contribution in [0.15, 0.2) is 156 Å². The van der Waals surface area contributed by atoms with Gasteiger partial charge in [-0.2, -0.15) is 5.26 Å². The number of hydrogen-bond donors (Lipinski definition) is 0. The van der Waals surface area contributed by atoms with Crippen LogP contribution in [0.1, 0.15) is 91.3 Å². The van der Waals surface area contributed by atoms with E-state index in [2.05, 4.69) is 146 Å². The second-order valence-corrected chi connectivity index (χ2v) is 16.7. The molecule has 0 radical (unpaired) electrons. The Hall–Kier alpha value is -5.59. The van der Waals surface area contributed by atoms with Gasteiger partial charge in [0.25, 0.3) is 0 Å². The third kappa shape index (κ3) is 5.54. The van der Waals surface area contributed by atoms with E-state index in [1.165, 1.54) is 82.7 Å². The van der Waals surface area contributed by atoms with E-state index in [1.54, 1.807) is 0 Å². The SMILES string of the molecule is CCC1C(c2ccccc2)=NC(c2cccc3ccccc23)=NC1c1ccc(C23CC4CC(CC(c5ccc(-c6ccc(C#N)cc6)cc5)(C4)C2)C3)cc1. The van der Waals surface area contributed by atoms with Gasteiger partial charge in [-0.3, -0.25) is 4.99 Å². The standard InChI is InChI=1S/C51H45N3/c1-2-44-47(40-10-4-3-5-11-40)53-49(46-14-8-12-39-9-6-7-13-45(39)46)54-48(44)41-21-25-43(26-22-41)51-30-35-27-36(31-51)29-50(28-35,33-51)42-23-19-38(20-24-42)37-17-15-34(32-52)16-18-37/h3-26,35-36,44,48H,2,27-31,33H2,1H3. The first-order valence-electron chi connectivity index (χ1n) is 19.9. The number of nitriles is 1. The first-order chi connectivity index (χ1) is 26.5. The number of aliphatic imine (C=N–C) groups is 2. The zero-order valence-corrected chi connectivity index (χ0v) is 31.0. The summed E-state index contributed by atoms with van der Waals surface area (Å²) in [6, 6.07) is 55.3. The Bertz CT molecular complexity index is 2430. The third-order valence-corrected chi connectivity index (χ3v) is 13.5. The van der Waals surface area contributed by atoms with Crippen molar-refractivity contribution in [2.24, 2.45) is 27.7 Å². The minimum Gasteiger partial charge on any atom is -0.257 e. The molecule has 0 saturated heterocycles. The van der Waals surface area contributed by atoms with Gasteiger partial charge in [-0.25, -0.2) is 4.99 Å². The minimum atomic E-state index is -0.0111. The van der Waals surface area contributed by atoms with Crippen molar-refractivity contribution in [2.45, 2.75) is 68.7 Å². The highest BCUT2D eigenvalue weighted by molar-refractivity contribution is 6.18. The number of amidine groups is 1. The van der Waals surface area contributed by atoms with Gasteiger partial charge in [-0.1, -0.05) is 140 Å². The van der Waals surface area contributed by atoms with Crippen LogP contribution in [0.4, 0.5) is 0 Å². The maximum absolute atomic E-state index is 9.25. The molecule has 6 aromatic carbocycles. The number of rotatable bonds is 7. The Morgan fingerprint density at radius 3 is 1.87 bits per heavy atom. The molecule has 4 atom stereocenters. The van der Waals surface area contributed by atoms with Crippen LogP contribution in [0.3, 0.4) is 0 Å². The number of fused-ring (bicyclic) bond motifs is 1. The zero-order chi connectivity index (χ0) is 36.3. The number of nitrogens with zero attached hydrogens (tertiary/aromatic N) is 3. The lowest BCUT2D eigenvalue weighted by atomic mass is 9.41. The summed E-state index contributed by atoms with van der Waals surface area (Å²) in [6.07, 6.45) is 8.83. The molecule has 4 unspecified atom stereocenters. The second-order valence-electron chi connectivity index (χ2n) is 16.7. The van der Waals surface area contributed by atoms with Gasteiger partial charge < -0.3 is 0 Å². The van der Waals surface area contributed by atoms with Crippen molar-refractivity contribution in [1.82, 2.24) is 0 Å². The van der Waals surface area contributed by atoms with Crippen molar-refractivity contribution in [3.8, 4) is 17.2 Å². The maximum Gasteiger partial charge on any atom is 0.156 e. The predicted octanol–water partition coefficient (Wildman–Crippen LogP) is 12.2. The zero-order valence-electron chi connectivity index (χ0n) is 31.0. The van der Waals surface area contributed by atoms with Gasteiger partial charge in [0.1, 0.15) is 0 Å². The van der Waals surface area contributed by atoms with E-state index >= 15 is 0 Å². The highest BCUT2D eigenvalue weighted by Gasteiger charge is 2.58. The first kappa shape index (κ1) is 33.0. The number of hydrogen-bond acceptors (Lipinski definition) is 3. The topological polar surface area (TPSA) is 48.5 Å². The fourth-order valence-electron chi connectivity index (χ4n) is 11.5. The van der Waals surface area contributed by atoms with E-state index in [4.69, 9.17) is 9.98 Å². The molecule has 1 heterocycles. The summed E-state index contributed by atoms with van der Waals surface area (Å²) in [6.45, 7) is 2.29.